The van der Waals surface area contributed by atoms with Crippen molar-refractivity contribution >= 4 is 37.5 Å². The molecule has 0 spiro atoms. The molecule has 0 aromatic heterocycles. The summed E-state index contributed by atoms with van der Waals surface area (Å²) < 4.78 is 0. The van der Waals surface area contributed by atoms with Crippen molar-refractivity contribution in [3.05, 3.63) is 0 Å². The van der Waals surface area contributed by atoms with Gasteiger partial charge in [0.25, 0.3) is 0 Å². The topological polar surface area (TPSA) is 0 Å². The number of hydrogen-bond donors (Lipinski definition) is 0. The van der Waals surface area contributed by atoms with Gasteiger partial charge in [-0.3, -0.25) is 0 Å². The zero-order chi connectivity index (χ0) is 11.3. The van der Waals surface area contributed by atoms with E-state index < -0.39 is 15.5 Å². The molecule has 0 aliphatic heterocycles. The van der Waals surface area contributed by atoms with E-state index in [0.29, 0.717) is 0 Å². The van der Waals surface area contributed by atoms with Crippen molar-refractivity contribution < 1.29 is 0 Å². The van der Waals surface area contributed by atoms with Gasteiger partial charge in [-0.25, -0.2) is 0 Å². The zero-order valence-electron chi connectivity index (χ0n) is 11.0. The fraction of sp³-hybridized carbons (Fsp3) is 1.00. The van der Waals surface area contributed by atoms with Crippen LogP contribution in [0.15, 0.2) is 0 Å². The Bertz CT molecular complexity index is 110. The average Bonchev–Trinajstić information content (AvgIpc) is 1.47. The first kappa shape index (κ1) is 16.8. The molecule has 0 aromatic carbocycles. The summed E-state index contributed by atoms with van der Waals surface area (Å²) in [7, 11) is -0.0775. The standard InChI is InChI=1S/C6H19PSi2.C3H9Ge/c1-8(2,3)7-9(4,5)6;1-4(2)3/h7H,1-6H3;1-3H3. The molecule has 0 saturated carbocycles. The third-order valence-corrected chi connectivity index (χ3v) is 20.2. The predicted octanol–water partition coefficient (Wildman–Crippen LogP) is 4.71. The second kappa shape index (κ2) is 6.81. The first-order chi connectivity index (χ1) is 5.44. The first-order valence-corrected chi connectivity index (χ1v) is 21.3. The minimum absolute atomic E-state index is 0.333. The monoisotopic (exact) mass is 297 g/mol. The Morgan fingerprint density at radius 1 is 0.692 bits per heavy atom. The van der Waals surface area contributed by atoms with Crippen LogP contribution < -0.4 is 0 Å². The maximum atomic E-state index is 2.48. The summed E-state index contributed by atoms with van der Waals surface area (Å²) in [4.78, 5) is 0. The Morgan fingerprint density at radius 3 is 0.846 bits per heavy atom. The molecular formula is C9H28GePSi2. The summed E-state index contributed by atoms with van der Waals surface area (Å²) in [6.07, 6.45) is 0. The number of hydrogen-bond acceptors (Lipinski definition) is 0. The van der Waals surface area contributed by atoms with E-state index >= 15 is 0 Å². The van der Waals surface area contributed by atoms with Gasteiger partial charge in [0.05, 0.1) is 15.5 Å². The molecule has 0 N–H and O–H groups in total. The van der Waals surface area contributed by atoms with E-state index in [1.54, 1.807) is 0 Å². The van der Waals surface area contributed by atoms with Crippen molar-refractivity contribution in [1.29, 1.82) is 0 Å². The van der Waals surface area contributed by atoms with Crippen LogP contribution in [0.4, 0.5) is 0 Å². The Labute approximate surface area is 93.9 Å². The molecule has 4 heteroatoms. The van der Waals surface area contributed by atoms with Crippen LogP contribution in [0.3, 0.4) is 0 Å². The molecule has 0 rings (SSSR count). The number of rotatable bonds is 2. The van der Waals surface area contributed by atoms with Gasteiger partial charge < -0.3 is 0 Å². The summed E-state index contributed by atoms with van der Waals surface area (Å²) >= 11 is -0.333. The van der Waals surface area contributed by atoms with Crippen LogP contribution >= 0.6 is 7.68 Å². The second-order valence-corrected chi connectivity index (χ2v) is 33.7. The summed E-state index contributed by atoms with van der Waals surface area (Å²) in [5.41, 5.74) is 0. The van der Waals surface area contributed by atoms with E-state index in [2.05, 4.69) is 56.6 Å². The summed E-state index contributed by atoms with van der Waals surface area (Å²) in [6, 6.07) is 0. The molecule has 13 heavy (non-hydrogen) atoms. The molecule has 81 valence electrons. The summed E-state index contributed by atoms with van der Waals surface area (Å²) in [5.74, 6) is 7.00. The van der Waals surface area contributed by atoms with Crippen molar-refractivity contribution in [1.82, 2.24) is 0 Å². The summed E-state index contributed by atoms with van der Waals surface area (Å²) in [5, 5.41) is 0. The first-order valence-electron chi connectivity index (χ1n) is 5.00. The van der Waals surface area contributed by atoms with Crippen molar-refractivity contribution in [3.63, 3.8) is 0 Å². The van der Waals surface area contributed by atoms with Crippen LogP contribution in [0.2, 0.25) is 56.6 Å². The molecule has 1 radical (unpaired) electrons. The zero-order valence-corrected chi connectivity index (χ0v) is 16.1. The second-order valence-electron chi connectivity index (χ2n) is 6.12. The molecule has 0 amide bonds. The molecule has 0 heterocycles. The SMILES string of the molecule is C[Si](C)(C)P[Si](C)(C)C.[CH3][Ge]([CH3])[CH3]. The van der Waals surface area contributed by atoms with Crippen molar-refractivity contribution in [2.24, 2.45) is 0 Å². The van der Waals surface area contributed by atoms with E-state index in [9.17, 15) is 0 Å². The molecular weight excluding hydrogens is 268 g/mol. The fourth-order valence-electron chi connectivity index (χ4n) is 1.12. The molecule has 0 aliphatic rings. The van der Waals surface area contributed by atoms with Crippen LogP contribution in [-0.2, 0) is 0 Å². The van der Waals surface area contributed by atoms with Crippen LogP contribution in [0.5, 0.6) is 0 Å². The molecule has 0 aliphatic carbocycles. The minimum atomic E-state index is -0.703. The van der Waals surface area contributed by atoms with E-state index in [0.717, 1.165) is 0 Å². The van der Waals surface area contributed by atoms with Gasteiger partial charge in [0.1, 0.15) is 0 Å². The van der Waals surface area contributed by atoms with Gasteiger partial charge in [-0.15, -0.1) is 7.68 Å². The van der Waals surface area contributed by atoms with Gasteiger partial charge >= 0.3 is 31.6 Å². The molecule has 0 nitrogen and oxygen atoms in total. The Morgan fingerprint density at radius 2 is 0.846 bits per heavy atom. The van der Waals surface area contributed by atoms with Crippen molar-refractivity contribution in [2.45, 2.75) is 56.6 Å². The fourth-order valence-corrected chi connectivity index (χ4v) is 30.4. The van der Waals surface area contributed by atoms with Gasteiger partial charge in [0, 0.05) is 0 Å². The van der Waals surface area contributed by atoms with E-state index in [4.69, 9.17) is 0 Å². The predicted molar refractivity (Wildman–Crippen MR) is 78.4 cm³/mol. The van der Waals surface area contributed by atoms with E-state index in [-0.39, 0.29) is 14.3 Å². The molecule has 0 atom stereocenters. The molecule has 0 saturated heterocycles. The molecule has 0 unspecified atom stereocenters. The molecule has 0 fully saturated rings. The van der Waals surface area contributed by atoms with E-state index in [1.807, 2.05) is 0 Å². The summed E-state index contributed by atoms with van der Waals surface area (Å²) in [6.45, 7) is 14.9. The van der Waals surface area contributed by atoms with Gasteiger partial charge in [0.2, 0.25) is 0 Å². The molecule has 0 aromatic rings. The third kappa shape index (κ3) is 31.8. The van der Waals surface area contributed by atoms with E-state index in [1.165, 1.54) is 7.68 Å². The molecule has 0 bridgehead atoms. The normalized spacial score (nSPS) is 12.5. The Hall–Kier alpha value is 1.41. The Kier molecular flexibility index (Phi) is 8.81. The van der Waals surface area contributed by atoms with Gasteiger partial charge in [-0.2, -0.15) is 0 Å². The van der Waals surface area contributed by atoms with Crippen LogP contribution in [0, 0.1) is 0 Å². The third-order valence-electron chi connectivity index (χ3n) is 0.750. The quantitative estimate of drug-likeness (QED) is 0.511. The van der Waals surface area contributed by atoms with Crippen LogP contribution in [0.1, 0.15) is 0 Å². The van der Waals surface area contributed by atoms with Crippen LogP contribution in [0.25, 0.3) is 0 Å². The maximum absolute atomic E-state index is 2.48. The van der Waals surface area contributed by atoms with Crippen LogP contribution in [-0.4, -0.2) is 29.8 Å². The van der Waals surface area contributed by atoms with Crippen molar-refractivity contribution in [2.75, 3.05) is 0 Å². The van der Waals surface area contributed by atoms with Crippen molar-refractivity contribution in [3.8, 4) is 0 Å². The Balaban J connectivity index is 0. The van der Waals surface area contributed by atoms with Gasteiger partial charge in [0.15, 0.2) is 0 Å². The van der Waals surface area contributed by atoms with Gasteiger partial charge in [-0.05, 0) is 0 Å². The van der Waals surface area contributed by atoms with Gasteiger partial charge in [-0.1, -0.05) is 39.3 Å². The average molecular weight is 296 g/mol.